The van der Waals surface area contributed by atoms with Crippen LogP contribution in [0.4, 0.5) is 5.95 Å². The maximum absolute atomic E-state index is 13.8. The topological polar surface area (TPSA) is 73.8 Å². The van der Waals surface area contributed by atoms with Gasteiger partial charge in [-0.2, -0.15) is 0 Å². The molecule has 0 radical (unpaired) electrons. The molecular weight excluding hydrogens is 336 g/mol. The fourth-order valence-corrected chi connectivity index (χ4v) is 5.06. The van der Waals surface area contributed by atoms with Crippen LogP contribution in [0, 0.1) is 12.1 Å². The zero-order valence-corrected chi connectivity index (χ0v) is 13.6. The third-order valence-corrected chi connectivity index (χ3v) is 6.30. The van der Waals surface area contributed by atoms with Gasteiger partial charge in [-0.25, -0.2) is 8.32 Å². The predicted octanol–water partition coefficient (Wildman–Crippen LogP) is 3.27. The first-order chi connectivity index (χ1) is 11.0. The Morgan fingerprint density at radius 3 is 2.70 bits per heavy atom. The second kappa shape index (κ2) is 4.89. The van der Waals surface area contributed by atoms with Crippen molar-refractivity contribution in [2.45, 2.75) is 16.7 Å². The van der Waals surface area contributed by atoms with Crippen molar-refractivity contribution in [3.8, 4) is 5.69 Å². The smallest absolute Gasteiger partial charge is 0.427 e. The van der Waals surface area contributed by atoms with Crippen molar-refractivity contribution in [2.24, 2.45) is 0 Å². The summed E-state index contributed by atoms with van der Waals surface area (Å²) in [4.78, 5) is 4.87. The highest BCUT2D eigenvalue weighted by Gasteiger charge is 2.35. The van der Waals surface area contributed by atoms with Crippen LogP contribution in [-0.2, 0) is 9.73 Å². The van der Waals surface area contributed by atoms with Gasteiger partial charge in [-0.05, 0) is 30.3 Å². The van der Waals surface area contributed by atoms with E-state index in [0.717, 1.165) is 0 Å². The fourth-order valence-electron chi connectivity index (χ4n) is 2.60. The standard InChI is InChI=1S/C15H11ClN4O2S/c1-10-17-15-19(18-10)13-8-7-11(16)9-14(13)23(22,20(15)21)12-5-3-2-4-6-12/h2-9H,1H3. The van der Waals surface area contributed by atoms with Gasteiger partial charge in [-0.3, -0.25) is 0 Å². The Kier molecular flexibility index (Phi) is 3.06. The first kappa shape index (κ1) is 14.4. The molecule has 0 amide bonds. The fraction of sp³-hybridized carbons (Fsp3) is 0.0667. The Hall–Kier alpha value is -2.22. The van der Waals surface area contributed by atoms with Gasteiger partial charge < -0.3 is 5.21 Å². The Morgan fingerprint density at radius 1 is 1.22 bits per heavy atom. The van der Waals surface area contributed by atoms with Gasteiger partial charge in [0.2, 0.25) is 5.82 Å². The molecule has 1 aliphatic heterocycles. The van der Waals surface area contributed by atoms with Crippen LogP contribution in [-0.4, -0.2) is 23.1 Å². The molecule has 3 aromatic rings. The average Bonchev–Trinajstić information content (AvgIpc) is 2.95. The molecule has 8 heteroatoms. The summed E-state index contributed by atoms with van der Waals surface area (Å²) in [5, 5.41) is 17.5. The molecule has 0 N–H and O–H groups in total. The number of aromatic nitrogens is 3. The number of nitrogens with zero attached hydrogens (tertiary/aromatic N) is 4. The van der Waals surface area contributed by atoms with E-state index in [1.807, 2.05) is 0 Å². The van der Waals surface area contributed by atoms with Gasteiger partial charge in [0.1, 0.15) is 20.3 Å². The minimum Gasteiger partial charge on any atom is -0.673 e. The van der Waals surface area contributed by atoms with Crippen LogP contribution in [0.5, 0.6) is 0 Å². The maximum atomic E-state index is 13.8. The van der Waals surface area contributed by atoms with E-state index in [1.54, 1.807) is 55.5 Å². The van der Waals surface area contributed by atoms with E-state index >= 15 is 0 Å². The van der Waals surface area contributed by atoms with Crippen molar-refractivity contribution in [1.82, 2.24) is 14.8 Å². The van der Waals surface area contributed by atoms with Crippen LogP contribution in [0.3, 0.4) is 0 Å². The summed E-state index contributed by atoms with van der Waals surface area (Å²) >= 11 is 6.08. The maximum Gasteiger partial charge on any atom is 0.427 e. The molecule has 0 saturated heterocycles. The highest BCUT2D eigenvalue weighted by Crippen LogP contribution is 2.37. The van der Waals surface area contributed by atoms with Gasteiger partial charge in [0, 0.05) is 11.9 Å². The molecule has 116 valence electrons. The van der Waals surface area contributed by atoms with E-state index in [2.05, 4.69) is 10.1 Å². The van der Waals surface area contributed by atoms with Crippen molar-refractivity contribution in [2.75, 3.05) is 0 Å². The molecule has 1 atom stereocenters. The lowest BCUT2D eigenvalue weighted by Crippen LogP contribution is -2.23. The lowest BCUT2D eigenvalue weighted by atomic mass is 10.3. The van der Waals surface area contributed by atoms with Crippen molar-refractivity contribution < 1.29 is 8.32 Å². The van der Waals surface area contributed by atoms with Gasteiger partial charge in [-0.1, -0.05) is 44.6 Å². The zero-order valence-electron chi connectivity index (χ0n) is 12.0. The normalized spacial score (nSPS) is 19.3. The Labute approximate surface area is 137 Å². The van der Waals surface area contributed by atoms with Gasteiger partial charge >= 0.3 is 5.95 Å². The van der Waals surface area contributed by atoms with Gasteiger partial charge in [0.05, 0.1) is 4.90 Å². The minimum atomic E-state index is -3.26. The van der Waals surface area contributed by atoms with E-state index in [9.17, 15) is 9.42 Å². The van der Waals surface area contributed by atoms with Crippen molar-refractivity contribution in [3.63, 3.8) is 0 Å². The third-order valence-electron chi connectivity index (χ3n) is 3.60. The molecule has 0 saturated carbocycles. The molecule has 0 aliphatic carbocycles. The van der Waals surface area contributed by atoms with E-state index in [1.165, 1.54) is 4.68 Å². The second-order valence-electron chi connectivity index (χ2n) is 5.08. The van der Waals surface area contributed by atoms with Crippen LogP contribution in [0.15, 0.2) is 58.3 Å². The highest BCUT2D eigenvalue weighted by atomic mass is 35.5. The number of fused-ring (bicyclic) bond motifs is 3. The molecule has 0 bridgehead atoms. The zero-order chi connectivity index (χ0) is 16.2. The van der Waals surface area contributed by atoms with Crippen LogP contribution in [0.1, 0.15) is 5.82 Å². The van der Waals surface area contributed by atoms with Crippen LogP contribution >= 0.6 is 11.6 Å². The van der Waals surface area contributed by atoms with Crippen molar-refractivity contribution >= 4 is 27.3 Å². The van der Waals surface area contributed by atoms with Crippen LogP contribution in [0.2, 0.25) is 5.02 Å². The summed E-state index contributed by atoms with van der Waals surface area (Å²) in [6.07, 6.45) is 0. The lowest BCUT2D eigenvalue weighted by Gasteiger charge is -2.24. The molecule has 1 unspecified atom stereocenters. The number of aryl methyl sites for hydroxylation is 1. The van der Waals surface area contributed by atoms with Gasteiger partial charge in [-0.15, -0.1) is 0 Å². The molecule has 6 nitrogen and oxygen atoms in total. The van der Waals surface area contributed by atoms with E-state index < -0.39 is 9.73 Å². The molecule has 4 rings (SSSR count). The number of halogens is 1. The monoisotopic (exact) mass is 346 g/mol. The SMILES string of the molecule is Cc1nc2n(n1)-c1ccc(Cl)cc1S(=O)(c1ccccc1)=[N+]2[O-]. The summed E-state index contributed by atoms with van der Waals surface area (Å²) in [5.41, 5.74) is 0.547. The molecule has 2 aromatic carbocycles. The molecule has 0 spiro atoms. The Morgan fingerprint density at radius 2 is 1.96 bits per heavy atom. The predicted molar refractivity (Wildman–Crippen MR) is 85.5 cm³/mol. The van der Waals surface area contributed by atoms with Gasteiger partial charge in [0.15, 0.2) is 0 Å². The third kappa shape index (κ3) is 1.94. The molecule has 1 aliphatic rings. The number of hydrogen-bond acceptors (Lipinski definition) is 4. The Bertz CT molecular complexity index is 1050. The molecule has 0 fully saturated rings. The second-order valence-corrected chi connectivity index (χ2v) is 7.81. The number of rotatable bonds is 1. The van der Waals surface area contributed by atoms with E-state index in [4.69, 9.17) is 11.6 Å². The van der Waals surface area contributed by atoms with Crippen molar-refractivity contribution in [1.29, 1.82) is 0 Å². The molecule has 2 heterocycles. The van der Waals surface area contributed by atoms with Gasteiger partial charge in [0.25, 0.3) is 0 Å². The number of benzene rings is 2. The van der Waals surface area contributed by atoms with Crippen molar-refractivity contribution in [3.05, 3.63) is 64.6 Å². The van der Waals surface area contributed by atoms with Crippen LogP contribution < -0.4 is 0 Å². The first-order valence-electron chi connectivity index (χ1n) is 6.82. The largest absolute Gasteiger partial charge is 0.673 e. The van der Waals surface area contributed by atoms with E-state index in [0.29, 0.717) is 30.4 Å². The first-order valence-corrected chi connectivity index (χ1v) is 8.71. The quantitative estimate of drug-likeness (QED) is 0.500. The molecule has 1 aromatic heterocycles. The molecular formula is C15H11ClN4O2S. The summed E-state index contributed by atoms with van der Waals surface area (Å²) < 4.78 is 15.6. The summed E-state index contributed by atoms with van der Waals surface area (Å²) in [6.45, 7) is 1.68. The van der Waals surface area contributed by atoms with Crippen LogP contribution in [0.25, 0.3) is 5.69 Å². The molecule has 23 heavy (non-hydrogen) atoms. The number of hydrogen-bond donors (Lipinski definition) is 0. The highest BCUT2D eigenvalue weighted by molar-refractivity contribution is 7.91. The summed E-state index contributed by atoms with van der Waals surface area (Å²) in [7, 11) is -3.26. The van der Waals surface area contributed by atoms with E-state index in [-0.39, 0.29) is 5.95 Å². The summed E-state index contributed by atoms with van der Waals surface area (Å²) in [5.74, 6) is 0.435. The summed E-state index contributed by atoms with van der Waals surface area (Å²) in [6, 6.07) is 13.5. The lowest BCUT2D eigenvalue weighted by molar-refractivity contribution is -0.349. The Balaban J connectivity index is 2.22. The average molecular weight is 347 g/mol. The minimum absolute atomic E-state index is 0.00572.